The summed E-state index contributed by atoms with van der Waals surface area (Å²) in [7, 11) is 0. The number of aryl methyl sites for hydroxylation is 1. The number of halogens is 1. The van der Waals surface area contributed by atoms with E-state index >= 15 is 0 Å². The van der Waals surface area contributed by atoms with Crippen molar-refractivity contribution in [3.8, 4) is 0 Å². The van der Waals surface area contributed by atoms with E-state index in [1.165, 1.54) is 11.3 Å². The maximum Gasteiger partial charge on any atom is 0.261 e. The van der Waals surface area contributed by atoms with Gasteiger partial charge in [0.2, 0.25) is 6.36 Å². The fourth-order valence-corrected chi connectivity index (χ4v) is 2.47. The molecule has 2 heterocycles. The molecule has 1 N–H and O–H groups in total. The first-order chi connectivity index (χ1) is 7.66. The van der Waals surface area contributed by atoms with Crippen molar-refractivity contribution < 1.29 is 13.9 Å². The van der Waals surface area contributed by atoms with Crippen LogP contribution >= 0.6 is 11.3 Å². The van der Waals surface area contributed by atoms with E-state index < -0.39 is 12.4 Å². The molecule has 0 aliphatic carbocycles. The van der Waals surface area contributed by atoms with Crippen LogP contribution in [0.1, 0.15) is 28.1 Å². The van der Waals surface area contributed by atoms with E-state index in [1.807, 2.05) is 12.3 Å². The number of amides is 1. The first-order valence-corrected chi connectivity index (χ1v) is 6.16. The molecule has 5 heteroatoms. The SMILES string of the molecule is Cc1csc(C(=O)NC2CCCOC2F)c1. The first-order valence-electron chi connectivity index (χ1n) is 5.28. The number of rotatable bonds is 2. The van der Waals surface area contributed by atoms with Crippen LogP contribution in [0, 0.1) is 6.92 Å². The molecule has 1 aromatic rings. The van der Waals surface area contributed by atoms with Crippen molar-refractivity contribution >= 4 is 17.2 Å². The number of carbonyl (C=O) groups excluding carboxylic acids is 1. The topological polar surface area (TPSA) is 38.3 Å². The Morgan fingerprint density at radius 2 is 2.50 bits per heavy atom. The molecular formula is C11H14FNO2S. The summed E-state index contributed by atoms with van der Waals surface area (Å²) in [5.74, 6) is -0.212. The summed E-state index contributed by atoms with van der Waals surface area (Å²) in [5.41, 5.74) is 1.05. The van der Waals surface area contributed by atoms with E-state index in [4.69, 9.17) is 4.74 Å². The third-order valence-corrected chi connectivity index (χ3v) is 3.57. The first kappa shape index (κ1) is 11.5. The standard InChI is InChI=1S/C11H14FNO2S/c1-7-5-9(16-6-7)11(14)13-8-3-2-4-15-10(8)12/h5-6,8,10H,2-4H2,1H3,(H,13,14). The predicted molar refractivity (Wildman–Crippen MR) is 60.4 cm³/mol. The van der Waals surface area contributed by atoms with Crippen molar-refractivity contribution in [1.82, 2.24) is 5.32 Å². The Hall–Kier alpha value is -0.940. The Morgan fingerprint density at radius 1 is 1.69 bits per heavy atom. The van der Waals surface area contributed by atoms with Crippen LogP contribution in [-0.2, 0) is 4.74 Å². The molecule has 0 bridgehead atoms. The highest BCUT2D eigenvalue weighted by Crippen LogP contribution is 2.17. The van der Waals surface area contributed by atoms with E-state index in [2.05, 4.69) is 5.32 Å². The molecule has 1 saturated heterocycles. The highest BCUT2D eigenvalue weighted by Gasteiger charge is 2.27. The number of carbonyl (C=O) groups is 1. The molecule has 0 saturated carbocycles. The molecule has 1 aliphatic rings. The molecular weight excluding hydrogens is 229 g/mol. The van der Waals surface area contributed by atoms with Gasteiger partial charge in [-0.25, -0.2) is 4.39 Å². The number of nitrogens with one attached hydrogen (secondary N) is 1. The molecule has 1 fully saturated rings. The third kappa shape index (κ3) is 2.59. The maximum atomic E-state index is 13.3. The van der Waals surface area contributed by atoms with Crippen LogP contribution < -0.4 is 5.32 Å². The largest absolute Gasteiger partial charge is 0.347 e. The summed E-state index contributed by atoms with van der Waals surface area (Å²) in [6.45, 7) is 2.36. The van der Waals surface area contributed by atoms with Crippen LogP contribution in [0.2, 0.25) is 0 Å². The van der Waals surface area contributed by atoms with Gasteiger partial charge in [0.1, 0.15) is 0 Å². The normalized spacial score (nSPS) is 25.4. The monoisotopic (exact) mass is 243 g/mol. The van der Waals surface area contributed by atoms with E-state index in [-0.39, 0.29) is 5.91 Å². The van der Waals surface area contributed by atoms with Gasteiger partial charge < -0.3 is 10.1 Å². The summed E-state index contributed by atoms with van der Waals surface area (Å²) >= 11 is 1.37. The van der Waals surface area contributed by atoms with Gasteiger partial charge in [-0.2, -0.15) is 0 Å². The zero-order chi connectivity index (χ0) is 11.5. The van der Waals surface area contributed by atoms with Gasteiger partial charge in [-0.3, -0.25) is 4.79 Å². The zero-order valence-electron chi connectivity index (χ0n) is 9.03. The van der Waals surface area contributed by atoms with Crippen LogP contribution in [0.3, 0.4) is 0 Å². The third-order valence-electron chi connectivity index (χ3n) is 2.52. The van der Waals surface area contributed by atoms with Crippen LogP contribution in [0.15, 0.2) is 11.4 Å². The zero-order valence-corrected chi connectivity index (χ0v) is 9.85. The van der Waals surface area contributed by atoms with E-state index in [9.17, 15) is 9.18 Å². The molecule has 16 heavy (non-hydrogen) atoms. The average Bonchev–Trinajstić information content (AvgIpc) is 2.68. The lowest BCUT2D eigenvalue weighted by atomic mass is 10.1. The van der Waals surface area contributed by atoms with Crippen LogP contribution in [0.5, 0.6) is 0 Å². The second kappa shape index (κ2) is 4.93. The fourth-order valence-electron chi connectivity index (χ4n) is 1.67. The van der Waals surface area contributed by atoms with Crippen molar-refractivity contribution in [1.29, 1.82) is 0 Å². The van der Waals surface area contributed by atoms with Gasteiger partial charge in [-0.1, -0.05) is 0 Å². The minimum atomic E-state index is -1.38. The molecule has 1 aliphatic heterocycles. The van der Waals surface area contributed by atoms with Gasteiger partial charge in [0, 0.05) is 0 Å². The summed E-state index contributed by atoms with van der Waals surface area (Å²) in [4.78, 5) is 12.4. The van der Waals surface area contributed by atoms with E-state index in [0.717, 1.165) is 12.0 Å². The van der Waals surface area contributed by atoms with Gasteiger partial charge in [-0.15, -0.1) is 11.3 Å². The number of thiophene rings is 1. The van der Waals surface area contributed by atoms with Gasteiger partial charge >= 0.3 is 0 Å². The molecule has 0 spiro atoms. The predicted octanol–water partition coefficient (Wildman–Crippen LogP) is 2.26. The van der Waals surface area contributed by atoms with Gasteiger partial charge in [-0.05, 0) is 36.8 Å². The van der Waals surface area contributed by atoms with Crippen molar-refractivity contribution in [3.05, 3.63) is 21.9 Å². The van der Waals surface area contributed by atoms with Crippen LogP contribution in [0.25, 0.3) is 0 Å². The molecule has 2 atom stereocenters. The molecule has 2 unspecified atom stereocenters. The fraction of sp³-hybridized carbons (Fsp3) is 0.545. The summed E-state index contributed by atoms with van der Waals surface area (Å²) in [6.07, 6.45) is 0.0466. The molecule has 1 aromatic heterocycles. The number of ether oxygens (including phenoxy) is 1. The highest BCUT2D eigenvalue weighted by atomic mass is 32.1. The Labute approximate surface area is 97.6 Å². The highest BCUT2D eigenvalue weighted by molar-refractivity contribution is 7.12. The van der Waals surface area contributed by atoms with Crippen molar-refractivity contribution in [2.24, 2.45) is 0 Å². The number of alkyl halides is 1. The van der Waals surface area contributed by atoms with Crippen LogP contribution in [-0.4, -0.2) is 24.9 Å². The van der Waals surface area contributed by atoms with Gasteiger partial charge in [0.25, 0.3) is 5.91 Å². The van der Waals surface area contributed by atoms with Gasteiger partial charge in [0.05, 0.1) is 17.5 Å². The number of hydrogen-bond acceptors (Lipinski definition) is 3. The quantitative estimate of drug-likeness (QED) is 0.865. The number of hydrogen-bond donors (Lipinski definition) is 1. The summed E-state index contributed by atoms with van der Waals surface area (Å²) in [6, 6.07) is 1.29. The molecule has 3 nitrogen and oxygen atoms in total. The lowest BCUT2D eigenvalue weighted by Crippen LogP contribution is -2.45. The van der Waals surface area contributed by atoms with Gasteiger partial charge in [0.15, 0.2) is 0 Å². The van der Waals surface area contributed by atoms with E-state index in [1.54, 1.807) is 6.07 Å². The molecule has 0 aromatic carbocycles. The average molecular weight is 243 g/mol. The Kier molecular flexibility index (Phi) is 3.56. The second-order valence-electron chi connectivity index (χ2n) is 3.93. The molecule has 0 radical (unpaired) electrons. The van der Waals surface area contributed by atoms with Crippen molar-refractivity contribution in [2.45, 2.75) is 32.2 Å². The van der Waals surface area contributed by atoms with Crippen molar-refractivity contribution in [3.63, 3.8) is 0 Å². The summed E-state index contributed by atoms with van der Waals surface area (Å²) < 4.78 is 18.2. The maximum absolute atomic E-state index is 13.3. The Bertz CT molecular complexity index is 380. The molecule has 1 amide bonds. The Balaban J connectivity index is 1.96. The second-order valence-corrected chi connectivity index (χ2v) is 4.84. The Morgan fingerprint density at radius 3 is 3.12 bits per heavy atom. The molecule has 88 valence electrons. The van der Waals surface area contributed by atoms with Crippen LogP contribution in [0.4, 0.5) is 4.39 Å². The lowest BCUT2D eigenvalue weighted by molar-refractivity contribution is -0.0871. The van der Waals surface area contributed by atoms with E-state index in [0.29, 0.717) is 17.9 Å². The molecule has 2 rings (SSSR count). The summed E-state index contributed by atoms with van der Waals surface area (Å²) in [5, 5.41) is 4.57. The van der Waals surface area contributed by atoms with Crippen molar-refractivity contribution in [2.75, 3.05) is 6.61 Å². The minimum Gasteiger partial charge on any atom is -0.347 e. The lowest BCUT2D eigenvalue weighted by Gasteiger charge is -2.26. The minimum absolute atomic E-state index is 0.212. The smallest absolute Gasteiger partial charge is 0.261 e.